The molecule has 1 atom stereocenters. The zero-order chi connectivity index (χ0) is 21.8. The molecule has 1 N–H and O–H groups in total. The molecule has 0 aliphatic carbocycles. The number of carbonyl (C=O) groups is 2. The summed E-state index contributed by atoms with van der Waals surface area (Å²) >= 11 is 0. The van der Waals surface area contributed by atoms with E-state index in [0.29, 0.717) is 37.3 Å². The van der Waals surface area contributed by atoms with Gasteiger partial charge >= 0.3 is 0 Å². The number of hydrogen-bond donors (Lipinski definition) is 1. The van der Waals surface area contributed by atoms with Crippen LogP contribution in [0.2, 0.25) is 0 Å². The number of aliphatic hydroxyl groups is 1. The lowest BCUT2D eigenvalue weighted by Gasteiger charge is -2.29. The summed E-state index contributed by atoms with van der Waals surface area (Å²) < 4.78 is 18.9. The van der Waals surface area contributed by atoms with Gasteiger partial charge in [-0.15, -0.1) is 12.4 Å². The first-order chi connectivity index (χ1) is 15.1. The molecule has 1 amide bonds. The van der Waals surface area contributed by atoms with Gasteiger partial charge in [0.1, 0.15) is 11.6 Å². The zero-order valence-electron chi connectivity index (χ0n) is 17.6. The van der Waals surface area contributed by atoms with E-state index in [1.54, 1.807) is 42.5 Å². The predicted octanol–water partition coefficient (Wildman–Crippen LogP) is 3.39. The first-order valence-electron chi connectivity index (χ1n) is 10.5. The molecule has 0 aromatic heterocycles. The molecule has 0 spiro atoms. The van der Waals surface area contributed by atoms with Crippen molar-refractivity contribution in [2.75, 3.05) is 39.4 Å². The Morgan fingerprint density at radius 3 is 2.31 bits per heavy atom. The summed E-state index contributed by atoms with van der Waals surface area (Å²) in [5, 5.41) is 10.9. The molecule has 2 aliphatic heterocycles. The molecule has 2 aromatic rings. The minimum Gasteiger partial charge on any atom is -0.507 e. The van der Waals surface area contributed by atoms with Gasteiger partial charge in [-0.3, -0.25) is 14.5 Å². The van der Waals surface area contributed by atoms with Crippen LogP contribution in [0.5, 0.6) is 0 Å². The number of Topliss-reactive ketones (excluding diaryl/α,β-unsaturated/α-hetero) is 1. The van der Waals surface area contributed by atoms with E-state index in [1.807, 2.05) is 0 Å². The van der Waals surface area contributed by atoms with E-state index in [2.05, 4.69) is 4.90 Å². The number of nitrogens with zero attached hydrogens (tertiary/aromatic N) is 2. The lowest BCUT2D eigenvalue weighted by molar-refractivity contribution is -0.140. The Kier molecular flexibility index (Phi) is 8.01. The maximum absolute atomic E-state index is 13.5. The molecule has 8 heteroatoms. The number of ether oxygens (including phenoxy) is 1. The van der Waals surface area contributed by atoms with Crippen LogP contribution in [0.1, 0.15) is 23.6 Å². The Morgan fingerprint density at radius 2 is 1.66 bits per heavy atom. The Bertz CT molecular complexity index is 975. The van der Waals surface area contributed by atoms with Gasteiger partial charge in [-0.1, -0.05) is 42.5 Å². The second kappa shape index (κ2) is 10.7. The predicted molar refractivity (Wildman–Crippen MR) is 121 cm³/mol. The average Bonchev–Trinajstić information content (AvgIpc) is 3.05. The number of rotatable bonds is 6. The SMILES string of the molecule is Cl.O=C1C(=O)N(CCCN2CCOCC2)C(c2ccc(F)cc2)/C1=C(\O)c1ccccc1. The normalized spacial score (nSPS) is 20.9. The molecule has 1 unspecified atom stereocenters. The second-order valence-corrected chi connectivity index (χ2v) is 7.72. The van der Waals surface area contributed by atoms with Crippen LogP contribution in [0.25, 0.3) is 5.76 Å². The lowest BCUT2D eigenvalue weighted by atomic mass is 9.95. The van der Waals surface area contributed by atoms with Crippen molar-refractivity contribution in [1.29, 1.82) is 0 Å². The smallest absolute Gasteiger partial charge is 0.295 e. The molecule has 32 heavy (non-hydrogen) atoms. The van der Waals surface area contributed by atoms with Crippen molar-refractivity contribution in [3.8, 4) is 0 Å². The highest BCUT2D eigenvalue weighted by Gasteiger charge is 2.45. The van der Waals surface area contributed by atoms with Crippen molar-refractivity contribution in [3.05, 3.63) is 77.1 Å². The highest BCUT2D eigenvalue weighted by atomic mass is 35.5. The van der Waals surface area contributed by atoms with Gasteiger partial charge in [0, 0.05) is 31.7 Å². The molecule has 2 saturated heterocycles. The van der Waals surface area contributed by atoms with E-state index >= 15 is 0 Å². The van der Waals surface area contributed by atoms with E-state index in [9.17, 15) is 19.1 Å². The minimum atomic E-state index is -0.759. The van der Waals surface area contributed by atoms with Gasteiger partial charge in [-0.2, -0.15) is 0 Å². The van der Waals surface area contributed by atoms with Crippen molar-refractivity contribution >= 4 is 29.9 Å². The Morgan fingerprint density at radius 1 is 1.00 bits per heavy atom. The summed E-state index contributed by atoms with van der Waals surface area (Å²) in [4.78, 5) is 29.6. The maximum Gasteiger partial charge on any atom is 0.295 e. The number of morpholine rings is 1. The quantitative estimate of drug-likeness (QED) is 0.406. The standard InChI is InChI=1S/C24H25FN2O4.ClH/c25-19-9-7-17(8-10-19)21-20(22(28)18-5-2-1-3-6-18)23(29)24(30)27(21)12-4-11-26-13-15-31-16-14-26;/h1-3,5-10,21,28H,4,11-16H2;1H/b22-20+;. The number of amides is 1. The molecule has 2 fully saturated rings. The molecule has 6 nitrogen and oxygen atoms in total. The molecule has 0 bridgehead atoms. The Hall–Kier alpha value is -2.74. The van der Waals surface area contributed by atoms with Crippen LogP contribution >= 0.6 is 12.4 Å². The second-order valence-electron chi connectivity index (χ2n) is 7.72. The zero-order valence-corrected chi connectivity index (χ0v) is 18.4. The summed E-state index contributed by atoms with van der Waals surface area (Å²) in [6.07, 6.45) is 0.677. The molecule has 2 heterocycles. The van der Waals surface area contributed by atoms with Gasteiger partial charge in [0.15, 0.2) is 0 Å². The van der Waals surface area contributed by atoms with Crippen LogP contribution in [0, 0.1) is 5.82 Å². The van der Waals surface area contributed by atoms with Crippen molar-refractivity contribution in [2.45, 2.75) is 12.5 Å². The topological polar surface area (TPSA) is 70.1 Å². The number of aliphatic hydroxyl groups excluding tert-OH is 1. The van der Waals surface area contributed by atoms with E-state index in [1.165, 1.54) is 17.0 Å². The van der Waals surface area contributed by atoms with Gasteiger partial charge < -0.3 is 14.7 Å². The monoisotopic (exact) mass is 460 g/mol. The number of likely N-dealkylation sites (tertiary alicyclic amines) is 1. The molecule has 2 aromatic carbocycles. The van der Waals surface area contributed by atoms with Crippen LogP contribution < -0.4 is 0 Å². The lowest BCUT2D eigenvalue weighted by Crippen LogP contribution is -2.38. The van der Waals surface area contributed by atoms with Gasteiger partial charge in [-0.05, 0) is 24.1 Å². The van der Waals surface area contributed by atoms with E-state index < -0.39 is 23.5 Å². The number of carbonyl (C=O) groups excluding carboxylic acids is 2. The van der Waals surface area contributed by atoms with E-state index in [-0.39, 0.29) is 23.7 Å². The van der Waals surface area contributed by atoms with E-state index in [4.69, 9.17) is 4.74 Å². The third-order valence-electron chi connectivity index (χ3n) is 5.75. The number of ketones is 1. The number of hydrogen-bond acceptors (Lipinski definition) is 5. The molecule has 2 aliphatic rings. The van der Waals surface area contributed by atoms with Gasteiger partial charge in [0.25, 0.3) is 11.7 Å². The summed E-state index contributed by atoms with van der Waals surface area (Å²) in [6.45, 7) is 4.20. The largest absolute Gasteiger partial charge is 0.507 e. The molecule has 170 valence electrons. The van der Waals surface area contributed by atoms with Gasteiger partial charge in [-0.25, -0.2) is 4.39 Å². The van der Waals surface area contributed by atoms with Gasteiger partial charge in [0.05, 0.1) is 24.8 Å². The van der Waals surface area contributed by atoms with Crippen molar-refractivity contribution in [3.63, 3.8) is 0 Å². The maximum atomic E-state index is 13.5. The van der Waals surface area contributed by atoms with Crippen LogP contribution in [0.15, 0.2) is 60.2 Å². The van der Waals surface area contributed by atoms with Crippen LogP contribution in [0.4, 0.5) is 4.39 Å². The summed E-state index contributed by atoms with van der Waals surface area (Å²) in [5.74, 6) is -1.99. The number of halogens is 2. The van der Waals surface area contributed by atoms with Crippen LogP contribution in [-0.4, -0.2) is 66.0 Å². The van der Waals surface area contributed by atoms with Crippen LogP contribution in [0.3, 0.4) is 0 Å². The molecule has 0 saturated carbocycles. The molecule has 0 radical (unpaired) electrons. The van der Waals surface area contributed by atoms with Crippen LogP contribution in [-0.2, 0) is 14.3 Å². The molecular formula is C24H26ClFN2O4. The molecular weight excluding hydrogens is 435 g/mol. The first-order valence-corrected chi connectivity index (χ1v) is 10.5. The Balaban J connectivity index is 0.00000289. The Labute approximate surface area is 192 Å². The van der Waals surface area contributed by atoms with Crippen molar-refractivity contribution in [1.82, 2.24) is 9.80 Å². The average molecular weight is 461 g/mol. The number of benzene rings is 2. The summed E-state index contributed by atoms with van der Waals surface area (Å²) in [6, 6.07) is 13.6. The minimum absolute atomic E-state index is 0. The third-order valence-corrected chi connectivity index (χ3v) is 5.75. The first kappa shape index (κ1) is 23.9. The van der Waals surface area contributed by atoms with Crippen molar-refractivity contribution in [2.24, 2.45) is 0 Å². The summed E-state index contributed by atoms with van der Waals surface area (Å²) in [7, 11) is 0. The van der Waals surface area contributed by atoms with Gasteiger partial charge in [0.2, 0.25) is 0 Å². The summed E-state index contributed by atoms with van der Waals surface area (Å²) in [5.41, 5.74) is 1.08. The highest BCUT2D eigenvalue weighted by molar-refractivity contribution is 6.46. The third kappa shape index (κ3) is 5.01. The highest BCUT2D eigenvalue weighted by Crippen LogP contribution is 2.39. The fourth-order valence-corrected chi connectivity index (χ4v) is 4.14. The fourth-order valence-electron chi connectivity index (χ4n) is 4.14. The molecule has 4 rings (SSSR count). The van der Waals surface area contributed by atoms with E-state index in [0.717, 1.165) is 19.6 Å². The fraction of sp³-hybridized carbons (Fsp3) is 0.333. The van der Waals surface area contributed by atoms with Crippen molar-refractivity contribution < 1.29 is 23.8 Å².